The van der Waals surface area contributed by atoms with E-state index in [1.807, 2.05) is 23.9 Å². The Balaban J connectivity index is 1.12. The Morgan fingerprint density at radius 3 is 2.70 bits per heavy atom. The van der Waals surface area contributed by atoms with Gasteiger partial charge in [-0.2, -0.15) is 0 Å². The molecule has 6 rings (SSSR count). The van der Waals surface area contributed by atoms with Gasteiger partial charge < -0.3 is 25.4 Å². The van der Waals surface area contributed by atoms with E-state index in [2.05, 4.69) is 41.9 Å². The van der Waals surface area contributed by atoms with Crippen LogP contribution in [-0.4, -0.2) is 58.1 Å². The molecule has 37 heavy (non-hydrogen) atoms. The smallest absolute Gasteiger partial charge is 0.253 e. The Hall–Kier alpha value is -3.53. The van der Waals surface area contributed by atoms with Gasteiger partial charge in [0.15, 0.2) is 5.82 Å². The molecule has 1 amide bonds. The van der Waals surface area contributed by atoms with Gasteiger partial charge in [-0.3, -0.25) is 4.79 Å². The van der Waals surface area contributed by atoms with Gasteiger partial charge in [-0.25, -0.2) is 19.3 Å². The van der Waals surface area contributed by atoms with Crippen LogP contribution in [0.4, 0.5) is 21.8 Å². The summed E-state index contributed by atoms with van der Waals surface area (Å²) in [6.45, 7) is 5.04. The fourth-order valence-electron chi connectivity index (χ4n) is 5.94. The van der Waals surface area contributed by atoms with Crippen molar-refractivity contribution in [3.05, 3.63) is 47.7 Å². The molecule has 2 saturated heterocycles. The number of piperidine rings is 1. The Bertz CT molecular complexity index is 1280. The predicted octanol–water partition coefficient (Wildman–Crippen LogP) is 3.26. The fraction of sp³-hybridized carbons (Fsp3) is 0.481. The topological polar surface area (TPSA) is 100 Å². The fourth-order valence-corrected chi connectivity index (χ4v) is 5.94. The Morgan fingerprint density at radius 2 is 1.97 bits per heavy atom. The lowest BCUT2D eigenvalue weighted by atomic mass is 9.86. The van der Waals surface area contributed by atoms with Crippen LogP contribution in [0, 0.1) is 17.7 Å². The second kappa shape index (κ2) is 10.1. The average molecular weight is 505 g/mol. The number of fused-ring (bicyclic) bond motifs is 1. The van der Waals surface area contributed by atoms with Crippen LogP contribution in [0.25, 0.3) is 11.4 Å². The number of pyridine rings is 1. The van der Waals surface area contributed by atoms with E-state index in [0.29, 0.717) is 30.0 Å². The van der Waals surface area contributed by atoms with E-state index in [9.17, 15) is 9.18 Å². The normalized spacial score (nSPS) is 20.1. The maximum atomic E-state index is 14.7. The van der Waals surface area contributed by atoms with Crippen LogP contribution in [0.15, 0.2) is 30.6 Å². The van der Waals surface area contributed by atoms with E-state index in [1.165, 1.54) is 38.8 Å². The van der Waals surface area contributed by atoms with Crippen LogP contribution in [0.3, 0.4) is 0 Å². The highest BCUT2D eigenvalue weighted by atomic mass is 19.1. The molecule has 1 atom stereocenters. The van der Waals surface area contributed by atoms with Gasteiger partial charge in [0.05, 0.1) is 29.3 Å². The maximum absolute atomic E-state index is 14.7. The summed E-state index contributed by atoms with van der Waals surface area (Å²) in [6, 6.07) is 5.66. The molecular formula is C27H33FN8O. The number of anilines is 3. The second-order valence-electron chi connectivity index (χ2n) is 10.4. The van der Waals surface area contributed by atoms with Crippen molar-refractivity contribution in [2.24, 2.45) is 18.9 Å². The van der Waals surface area contributed by atoms with Crippen molar-refractivity contribution in [3.8, 4) is 11.4 Å². The highest BCUT2D eigenvalue weighted by molar-refractivity contribution is 5.97. The molecule has 3 aliphatic heterocycles. The van der Waals surface area contributed by atoms with Gasteiger partial charge in [-0.1, -0.05) is 0 Å². The summed E-state index contributed by atoms with van der Waals surface area (Å²) in [6.07, 6.45) is 8.85. The average Bonchev–Trinajstić information content (AvgIpc) is 3.55. The number of carbonyl (C=O) groups excluding carboxylic acids is 1. The van der Waals surface area contributed by atoms with E-state index in [4.69, 9.17) is 0 Å². The van der Waals surface area contributed by atoms with Gasteiger partial charge in [-0.15, -0.1) is 0 Å². The molecule has 3 aromatic rings. The van der Waals surface area contributed by atoms with E-state index in [1.54, 1.807) is 6.07 Å². The molecule has 194 valence electrons. The van der Waals surface area contributed by atoms with Crippen molar-refractivity contribution in [1.82, 2.24) is 30.2 Å². The van der Waals surface area contributed by atoms with Gasteiger partial charge in [0.1, 0.15) is 11.5 Å². The molecule has 10 heteroatoms. The second-order valence-corrected chi connectivity index (χ2v) is 10.4. The number of hydrogen-bond donors (Lipinski definition) is 3. The van der Waals surface area contributed by atoms with Gasteiger partial charge in [-0.05, 0) is 68.8 Å². The third-order valence-electron chi connectivity index (χ3n) is 8.03. The molecule has 2 fully saturated rings. The summed E-state index contributed by atoms with van der Waals surface area (Å²) in [4.78, 5) is 27.7. The lowest BCUT2D eigenvalue weighted by Gasteiger charge is -2.34. The monoisotopic (exact) mass is 504 g/mol. The summed E-state index contributed by atoms with van der Waals surface area (Å²) in [5, 5.41) is 9.40. The first-order valence-corrected chi connectivity index (χ1v) is 13.2. The van der Waals surface area contributed by atoms with Gasteiger partial charge in [0.2, 0.25) is 5.95 Å². The molecule has 3 aliphatic rings. The highest BCUT2D eigenvalue weighted by Gasteiger charge is 2.26. The third kappa shape index (κ3) is 4.90. The highest BCUT2D eigenvalue weighted by Crippen LogP contribution is 2.31. The first-order chi connectivity index (χ1) is 18.0. The lowest BCUT2D eigenvalue weighted by molar-refractivity contribution is 0.0945. The van der Waals surface area contributed by atoms with Crippen molar-refractivity contribution < 1.29 is 9.18 Å². The summed E-state index contributed by atoms with van der Waals surface area (Å²) in [7, 11) is 1.83. The van der Waals surface area contributed by atoms with Crippen LogP contribution in [0.1, 0.15) is 41.7 Å². The SMILES string of the molecule is Cn1c(-c2nc(Nc3ccc(N4CCC(CC5CCNC5)CC4)cn3)ncc2F)cc2c1CCNC2=O. The maximum Gasteiger partial charge on any atom is 0.253 e. The zero-order chi connectivity index (χ0) is 25.4. The summed E-state index contributed by atoms with van der Waals surface area (Å²) in [5.41, 5.74) is 3.24. The van der Waals surface area contributed by atoms with Crippen molar-refractivity contribution in [3.63, 3.8) is 0 Å². The molecular weight excluding hydrogens is 471 g/mol. The van der Waals surface area contributed by atoms with E-state index >= 15 is 0 Å². The summed E-state index contributed by atoms with van der Waals surface area (Å²) >= 11 is 0. The number of rotatable bonds is 6. The molecule has 3 aromatic heterocycles. The number of carbonyl (C=O) groups is 1. The number of amides is 1. The van der Waals surface area contributed by atoms with Crippen molar-refractivity contribution in [1.29, 1.82) is 0 Å². The molecule has 0 bridgehead atoms. The van der Waals surface area contributed by atoms with E-state index in [-0.39, 0.29) is 17.5 Å². The zero-order valence-corrected chi connectivity index (χ0v) is 21.1. The minimum Gasteiger partial charge on any atom is -0.370 e. The van der Waals surface area contributed by atoms with Crippen molar-refractivity contribution in [2.45, 2.75) is 32.1 Å². The van der Waals surface area contributed by atoms with Gasteiger partial charge >= 0.3 is 0 Å². The number of nitrogens with zero attached hydrogens (tertiary/aromatic N) is 5. The standard InChI is InChI=1S/C27H33FN8O/c1-35-22-5-9-30-26(37)20(22)13-23(35)25-21(28)16-32-27(34-25)33-24-3-2-19(15-31-24)36-10-6-17(7-11-36)12-18-4-8-29-14-18/h2-3,13,15-18,29H,4-12,14H2,1H3,(H,30,37)(H,31,32,33,34). The van der Waals surface area contributed by atoms with Gasteiger partial charge in [0, 0.05) is 38.8 Å². The molecule has 3 N–H and O–H groups in total. The number of halogens is 1. The molecule has 0 aliphatic carbocycles. The Morgan fingerprint density at radius 1 is 1.11 bits per heavy atom. The molecule has 6 heterocycles. The predicted molar refractivity (Wildman–Crippen MR) is 140 cm³/mol. The van der Waals surface area contributed by atoms with Crippen LogP contribution < -0.4 is 20.9 Å². The molecule has 1 unspecified atom stereocenters. The molecule has 0 aromatic carbocycles. The molecule has 0 radical (unpaired) electrons. The van der Waals surface area contributed by atoms with Gasteiger partial charge in [0.25, 0.3) is 5.91 Å². The Kier molecular flexibility index (Phi) is 6.50. The summed E-state index contributed by atoms with van der Waals surface area (Å²) < 4.78 is 16.6. The lowest BCUT2D eigenvalue weighted by Crippen LogP contribution is -2.34. The summed E-state index contributed by atoms with van der Waals surface area (Å²) in [5.74, 6) is 1.83. The molecule has 0 saturated carbocycles. The van der Waals surface area contributed by atoms with Crippen LogP contribution >= 0.6 is 0 Å². The quantitative estimate of drug-likeness (QED) is 0.474. The Labute approximate surface area is 215 Å². The van der Waals surface area contributed by atoms with Crippen LogP contribution in [0.5, 0.6) is 0 Å². The van der Waals surface area contributed by atoms with Crippen LogP contribution in [0.2, 0.25) is 0 Å². The minimum atomic E-state index is -0.542. The number of aromatic nitrogens is 4. The minimum absolute atomic E-state index is 0.143. The van der Waals surface area contributed by atoms with Crippen molar-refractivity contribution in [2.75, 3.05) is 42.9 Å². The van der Waals surface area contributed by atoms with Crippen molar-refractivity contribution >= 4 is 23.4 Å². The van der Waals surface area contributed by atoms with Crippen LogP contribution in [-0.2, 0) is 13.5 Å². The number of hydrogen-bond acceptors (Lipinski definition) is 7. The van der Waals surface area contributed by atoms with E-state index < -0.39 is 5.82 Å². The first-order valence-electron chi connectivity index (χ1n) is 13.2. The van der Waals surface area contributed by atoms with E-state index in [0.717, 1.165) is 42.5 Å². The number of nitrogens with one attached hydrogen (secondary N) is 3. The molecule has 9 nitrogen and oxygen atoms in total. The first kappa shape index (κ1) is 23.8. The largest absolute Gasteiger partial charge is 0.370 e. The molecule has 0 spiro atoms. The zero-order valence-electron chi connectivity index (χ0n) is 21.1. The third-order valence-corrected chi connectivity index (χ3v) is 8.03.